The maximum atomic E-state index is 4.11. The number of aromatic amines is 1. The molecule has 1 unspecified atom stereocenters. The minimum atomic E-state index is 0.294. The van der Waals surface area contributed by atoms with Crippen molar-refractivity contribution in [1.82, 2.24) is 20.5 Å². The van der Waals surface area contributed by atoms with Crippen LogP contribution in [0.2, 0.25) is 0 Å². The van der Waals surface area contributed by atoms with Gasteiger partial charge in [0.1, 0.15) is 0 Å². The molecular weight excluding hydrogens is 200 g/mol. The number of rotatable bonds is 4. The first-order valence-corrected chi connectivity index (χ1v) is 5.39. The van der Waals surface area contributed by atoms with E-state index < -0.39 is 0 Å². The number of hydrogen-bond donors (Lipinski definition) is 2. The lowest BCUT2D eigenvalue weighted by atomic mass is 10.1. The molecule has 0 saturated heterocycles. The second-order valence-corrected chi connectivity index (χ2v) is 3.91. The van der Waals surface area contributed by atoms with Crippen LogP contribution in [-0.2, 0) is 6.54 Å². The van der Waals surface area contributed by atoms with Gasteiger partial charge in [0.2, 0.25) is 0 Å². The van der Waals surface area contributed by atoms with E-state index in [1.54, 1.807) is 6.20 Å². The van der Waals surface area contributed by atoms with Crippen molar-refractivity contribution < 1.29 is 0 Å². The number of aromatic nitrogens is 3. The van der Waals surface area contributed by atoms with Gasteiger partial charge in [-0.1, -0.05) is 6.07 Å². The number of nitrogens with one attached hydrogen (secondary N) is 2. The Balaban J connectivity index is 1.94. The fourth-order valence-corrected chi connectivity index (χ4v) is 1.57. The van der Waals surface area contributed by atoms with Crippen LogP contribution in [0.4, 0.5) is 0 Å². The van der Waals surface area contributed by atoms with Gasteiger partial charge in [-0.05, 0) is 25.5 Å². The molecule has 0 bridgehead atoms. The van der Waals surface area contributed by atoms with Crippen molar-refractivity contribution in [2.24, 2.45) is 0 Å². The largest absolute Gasteiger partial charge is 0.306 e. The van der Waals surface area contributed by atoms with E-state index in [1.165, 1.54) is 11.1 Å². The van der Waals surface area contributed by atoms with Crippen LogP contribution in [0.1, 0.15) is 29.8 Å². The quantitative estimate of drug-likeness (QED) is 0.821. The van der Waals surface area contributed by atoms with Crippen LogP contribution >= 0.6 is 0 Å². The van der Waals surface area contributed by atoms with E-state index >= 15 is 0 Å². The summed E-state index contributed by atoms with van der Waals surface area (Å²) in [5, 5.41) is 10.4. The van der Waals surface area contributed by atoms with Crippen molar-refractivity contribution >= 4 is 0 Å². The molecule has 0 amide bonds. The van der Waals surface area contributed by atoms with Gasteiger partial charge < -0.3 is 5.32 Å². The number of hydrogen-bond acceptors (Lipinski definition) is 3. The van der Waals surface area contributed by atoms with Crippen molar-refractivity contribution in [2.45, 2.75) is 26.4 Å². The smallest absolute Gasteiger partial charge is 0.0535 e. The molecule has 0 aliphatic heterocycles. The predicted molar refractivity (Wildman–Crippen MR) is 62.8 cm³/mol. The Kier molecular flexibility index (Phi) is 3.31. The molecule has 0 fully saturated rings. The third-order valence-corrected chi connectivity index (χ3v) is 2.72. The van der Waals surface area contributed by atoms with Gasteiger partial charge in [0, 0.05) is 36.2 Å². The average molecular weight is 216 g/mol. The molecule has 1 atom stereocenters. The van der Waals surface area contributed by atoms with Gasteiger partial charge in [-0.25, -0.2) is 0 Å². The minimum Gasteiger partial charge on any atom is -0.306 e. The van der Waals surface area contributed by atoms with E-state index in [4.69, 9.17) is 0 Å². The third-order valence-electron chi connectivity index (χ3n) is 2.72. The standard InChI is InChI=1S/C12H16N4/c1-9(11-4-3-5-13-6-11)14-7-12-8-15-16-10(12)2/h3-6,8-9,14H,7H2,1-2H3,(H,15,16). The summed E-state index contributed by atoms with van der Waals surface area (Å²) in [5.74, 6) is 0. The molecule has 0 spiro atoms. The van der Waals surface area contributed by atoms with Crippen molar-refractivity contribution in [3.05, 3.63) is 47.5 Å². The minimum absolute atomic E-state index is 0.294. The highest BCUT2D eigenvalue weighted by Gasteiger charge is 2.06. The normalized spacial score (nSPS) is 12.6. The summed E-state index contributed by atoms with van der Waals surface area (Å²) in [7, 11) is 0. The van der Waals surface area contributed by atoms with Gasteiger partial charge in [0.25, 0.3) is 0 Å². The second-order valence-electron chi connectivity index (χ2n) is 3.91. The number of pyridine rings is 1. The summed E-state index contributed by atoms with van der Waals surface area (Å²) >= 11 is 0. The Morgan fingerprint density at radius 1 is 1.44 bits per heavy atom. The van der Waals surface area contributed by atoms with Gasteiger partial charge in [0.15, 0.2) is 0 Å². The lowest BCUT2D eigenvalue weighted by Gasteiger charge is -2.13. The molecule has 0 aliphatic rings. The monoisotopic (exact) mass is 216 g/mol. The van der Waals surface area contributed by atoms with E-state index in [2.05, 4.69) is 33.5 Å². The van der Waals surface area contributed by atoms with Gasteiger partial charge in [-0.15, -0.1) is 0 Å². The molecule has 0 aromatic carbocycles. The molecule has 4 heteroatoms. The summed E-state index contributed by atoms with van der Waals surface area (Å²) in [5.41, 5.74) is 3.52. The molecule has 2 aromatic rings. The Labute approximate surface area is 95.1 Å². The Morgan fingerprint density at radius 2 is 2.31 bits per heavy atom. The first-order valence-electron chi connectivity index (χ1n) is 5.39. The van der Waals surface area contributed by atoms with E-state index in [0.29, 0.717) is 6.04 Å². The Morgan fingerprint density at radius 3 is 2.94 bits per heavy atom. The van der Waals surface area contributed by atoms with Crippen LogP contribution in [-0.4, -0.2) is 15.2 Å². The van der Waals surface area contributed by atoms with E-state index in [9.17, 15) is 0 Å². The highest BCUT2D eigenvalue weighted by Crippen LogP contribution is 2.11. The number of H-pyrrole nitrogens is 1. The zero-order chi connectivity index (χ0) is 11.4. The first kappa shape index (κ1) is 10.8. The highest BCUT2D eigenvalue weighted by molar-refractivity contribution is 5.16. The fourth-order valence-electron chi connectivity index (χ4n) is 1.57. The summed E-state index contributed by atoms with van der Waals surface area (Å²) < 4.78 is 0. The van der Waals surface area contributed by atoms with Gasteiger partial charge in [-0.3, -0.25) is 10.1 Å². The van der Waals surface area contributed by atoms with Crippen molar-refractivity contribution in [3.63, 3.8) is 0 Å². The molecule has 2 N–H and O–H groups in total. The predicted octanol–water partition coefficient (Wildman–Crippen LogP) is 1.96. The molecule has 2 aromatic heterocycles. The Bertz CT molecular complexity index is 435. The zero-order valence-corrected chi connectivity index (χ0v) is 9.57. The molecule has 0 aliphatic carbocycles. The SMILES string of the molecule is Cc1[nH]ncc1CNC(C)c1cccnc1. The molecular formula is C12H16N4. The highest BCUT2D eigenvalue weighted by atomic mass is 15.1. The van der Waals surface area contributed by atoms with Gasteiger partial charge in [0.05, 0.1) is 6.20 Å². The first-order chi connectivity index (χ1) is 7.77. The van der Waals surface area contributed by atoms with E-state index in [-0.39, 0.29) is 0 Å². The van der Waals surface area contributed by atoms with Crippen LogP contribution < -0.4 is 5.32 Å². The van der Waals surface area contributed by atoms with Crippen LogP contribution in [0, 0.1) is 6.92 Å². The average Bonchev–Trinajstić information content (AvgIpc) is 2.73. The number of nitrogens with zero attached hydrogens (tertiary/aromatic N) is 2. The summed E-state index contributed by atoms with van der Waals surface area (Å²) in [6.45, 7) is 4.98. The van der Waals surface area contributed by atoms with Gasteiger partial charge >= 0.3 is 0 Å². The fraction of sp³-hybridized carbons (Fsp3) is 0.333. The molecule has 2 heterocycles. The summed E-state index contributed by atoms with van der Waals surface area (Å²) in [4.78, 5) is 4.11. The van der Waals surface area contributed by atoms with Crippen LogP contribution in [0.5, 0.6) is 0 Å². The van der Waals surface area contributed by atoms with Gasteiger partial charge in [-0.2, -0.15) is 5.10 Å². The Hall–Kier alpha value is -1.68. The van der Waals surface area contributed by atoms with E-state index in [0.717, 1.165) is 12.2 Å². The topological polar surface area (TPSA) is 53.6 Å². The zero-order valence-electron chi connectivity index (χ0n) is 9.57. The third kappa shape index (κ3) is 2.46. The van der Waals surface area contributed by atoms with Crippen LogP contribution in [0.25, 0.3) is 0 Å². The lowest BCUT2D eigenvalue weighted by molar-refractivity contribution is 0.572. The molecule has 2 rings (SSSR count). The lowest BCUT2D eigenvalue weighted by Crippen LogP contribution is -2.18. The van der Waals surface area contributed by atoms with Crippen LogP contribution in [0.3, 0.4) is 0 Å². The van der Waals surface area contributed by atoms with Crippen molar-refractivity contribution in [2.75, 3.05) is 0 Å². The maximum absolute atomic E-state index is 4.11. The molecule has 0 saturated carbocycles. The molecule has 4 nitrogen and oxygen atoms in total. The van der Waals surface area contributed by atoms with Crippen molar-refractivity contribution in [1.29, 1.82) is 0 Å². The van der Waals surface area contributed by atoms with Crippen LogP contribution in [0.15, 0.2) is 30.7 Å². The molecule has 84 valence electrons. The number of aryl methyl sites for hydroxylation is 1. The molecule has 16 heavy (non-hydrogen) atoms. The molecule has 0 radical (unpaired) electrons. The summed E-state index contributed by atoms with van der Waals surface area (Å²) in [6.07, 6.45) is 5.54. The van der Waals surface area contributed by atoms with E-state index in [1.807, 2.05) is 25.4 Å². The van der Waals surface area contributed by atoms with Crippen molar-refractivity contribution in [3.8, 4) is 0 Å². The maximum Gasteiger partial charge on any atom is 0.0535 e. The second kappa shape index (κ2) is 4.90. The summed E-state index contributed by atoms with van der Waals surface area (Å²) in [6, 6.07) is 4.33.